The number of hydrogen-bond donors (Lipinski definition) is 1. The van der Waals surface area contributed by atoms with Crippen LogP contribution in [0.1, 0.15) is 61.9 Å². The lowest BCUT2D eigenvalue weighted by atomic mass is 10.0. The lowest BCUT2D eigenvalue weighted by molar-refractivity contribution is 0.0753. The summed E-state index contributed by atoms with van der Waals surface area (Å²) in [6.45, 7) is 9.76. The Kier molecular flexibility index (Phi) is 7.73. The molecule has 1 aromatic heterocycles. The van der Waals surface area contributed by atoms with Crippen LogP contribution in [-0.4, -0.2) is 25.2 Å². The maximum Gasteiger partial charge on any atom is 0.286 e. The van der Waals surface area contributed by atoms with E-state index < -0.39 is 0 Å². The number of rotatable bonds is 10. The fourth-order valence-electron chi connectivity index (χ4n) is 2.36. The molecule has 0 spiro atoms. The van der Waals surface area contributed by atoms with Crippen LogP contribution in [0.3, 0.4) is 0 Å². The first-order valence-corrected chi connectivity index (χ1v) is 9.17. The Morgan fingerprint density at radius 2 is 1.81 bits per heavy atom. The molecule has 2 aromatic rings. The molecule has 0 fully saturated rings. The van der Waals surface area contributed by atoms with Crippen LogP contribution in [0.15, 0.2) is 40.8 Å². The largest absolute Gasteiger partial charge is 0.486 e. The highest BCUT2D eigenvalue weighted by molar-refractivity contribution is 5.91. The van der Waals surface area contributed by atoms with Crippen molar-refractivity contribution in [2.75, 3.05) is 13.2 Å². The zero-order valence-electron chi connectivity index (χ0n) is 16.1. The number of ether oxygens (including phenoxy) is 2. The fraction of sp³-hybridized carbons (Fsp3) is 0.476. The van der Waals surface area contributed by atoms with Gasteiger partial charge in [0.05, 0.1) is 6.10 Å². The number of amides is 1. The second-order valence-electron chi connectivity index (χ2n) is 6.81. The molecule has 142 valence electrons. The Labute approximate surface area is 155 Å². The van der Waals surface area contributed by atoms with Crippen molar-refractivity contribution in [3.63, 3.8) is 0 Å². The van der Waals surface area contributed by atoms with Crippen LogP contribution in [0.5, 0.6) is 5.75 Å². The van der Waals surface area contributed by atoms with Crippen LogP contribution in [0.25, 0.3) is 0 Å². The second kappa shape index (κ2) is 10.0. The van der Waals surface area contributed by atoms with Gasteiger partial charge in [-0.25, -0.2) is 0 Å². The van der Waals surface area contributed by atoms with Gasteiger partial charge in [-0.3, -0.25) is 4.79 Å². The van der Waals surface area contributed by atoms with Gasteiger partial charge in [-0.1, -0.05) is 26.0 Å². The summed E-state index contributed by atoms with van der Waals surface area (Å²) >= 11 is 0. The van der Waals surface area contributed by atoms with Gasteiger partial charge >= 0.3 is 0 Å². The van der Waals surface area contributed by atoms with Crippen molar-refractivity contribution in [1.29, 1.82) is 0 Å². The van der Waals surface area contributed by atoms with Crippen LogP contribution in [0.4, 0.5) is 0 Å². The first kappa shape index (κ1) is 20.0. The molecule has 0 saturated heterocycles. The summed E-state index contributed by atoms with van der Waals surface area (Å²) < 4.78 is 16.7. The van der Waals surface area contributed by atoms with E-state index in [1.807, 2.05) is 26.0 Å². The summed E-state index contributed by atoms with van der Waals surface area (Å²) in [5.41, 5.74) is 1.27. The van der Waals surface area contributed by atoms with E-state index in [0.717, 1.165) is 12.2 Å². The Bertz CT molecular complexity index is 674. The first-order valence-electron chi connectivity index (χ1n) is 9.17. The molecular weight excluding hydrogens is 330 g/mol. The summed E-state index contributed by atoms with van der Waals surface area (Å²) in [7, 11) is 0. The predicted molar refractivity (Wildman–Crippen MR) is 102 cm³/mol. The molecule has 0 aliphatic heterocycles. The van der Waals surface area contributed by atoms with E-state index in [9.17, 15) is 4.79 Å². The number of carbonyl (C=O) groups is 1. The summed E-state index contributed by atoms with van der Waals surface area (Å²) in [5.74, 6) is 1.96. The lowest BCUT2D eigenvalue weighted by Crippen LogP contribution is -2.25. The van der Waals surface area contributed by atoms with Crippen LogP contribution in [0.2, 0.25) is 0 Å². The molecule has 0 unspecified atom stereocenters. The molecule has 26 heavy (non-hydrogen) atoms. The minimum atomic E-state index is -0.220. The standard InChI is InChI=1S/C21H29NO4/c1-15(2)17-6-8-18(9-7-17)25-14-19-10-11-20(26-19)21(23)22-12-5-13-24-16(3)4/h6-11,15-16H,5,12-14H2,1-4H3,(H,22,23). The number of hydrogen-bond acceptors (Lipinski definition) is 4. The van der Waals surface area contributed by atoms with Gasteiger partial charge in [0.15, 0.2) is 5.76 Å². The van der Waals surface area contributed by atoms with Gasteiger partial charge in [0.1, 0.15) is 18.1 Å². The van der Waals surface area contributed by atoms with Crippen molar-refractivity contribution in [1.82, 2.24) is 5.32 Å². The van der Waals surface area contributed by atoms with Crippen LogP contribution < -0.4 is 10.1 Å². The zero-order valence-corrected chi connectivity index (χ0v) is 16.1. The van der Waals surface area contributed by atoms with E-state index in [1.54, 1.807) is 12.1 Å². The van der Waals surface area contributed by atoms with Gasteiger partial charge < -0.3 is 19.2 Å². The zero-order chi connectivity index (χ0) is 18.9. The number of carbonyl (C=O) groups excluding carboxylic acids is 1. The third-order valence-corrected chi connectivity index (χ3v) is 3.87. The van der Waals surface area contributed by atoms with Crippen LogP contribution >= 0.6 is 0 Å². The van der Waals surface area contributed by atoms with E-state index in [4.69, 9.17) is 13.9 Å². The summed E-state index contributed by atoms with van der Waals surface area (Å²) in [6.07, 6.45) is 0.979. The number of benzene rings is 1. The third-order valence-electron chi connectivity index (χ3n) is 3.87. The van der Waals surface area contributed by atoms with E-state index >= 15 is 0 Å². The molecule has 5 heteroatoms. The Balaban J connectivity index is 1.75. The third kappa shape index (κ3) is 6.56. The Hall–Kier alpha value is -2.27. The minimum Gasteiger partial charge on any atom is -0.486 e. The van der Waals surface area contributed by atoms with Crippen LogP contribution in [-0.2, 0) is 11.3 Å². The summed E-state index contributed by atoms with van der Waals surface area (Å²) in [6, 6.07) is 11.4. The normalized spacial score (nSPS) is 11.2. The molecule has 1 aromatic carbocycles. The van der Waals surface area contributed by atoms with Crippen molar-refractivity contribution in [2.24, 2.45) is 0 Å². The van der Waals surface area contributed by atoms with Gasteiger partial charge in [0.25, 0.3) is 5.91 Å². The molecule has 5 nitrogen and oxygen atoms in total. The van der Waals surface area contributed by atoms with Crippen molar-refractivity contribution >= 4 is 5.91 Å². The average molecular weight is 359 g/mol. The molecule has 0 bridgehead atoms. The highest BCUT2D eigenvalue weighted by Crippen LogP contribution is 2.20. The summed E-state index contributed by atoms with van der Waals surface area (Å²) in [5, 5.41) is 2.82. The maximum absolute atomic E-state index is 12.0. The highest BCUT2D eigenvalue weighted by atomic mass is 16.5. The van der Waals surface area contributed by atoms with E-state index in [-0.39, 0.29) is 18.6 Å². The first-order chi connectivity index (χ1) is 12.5. The average Bonchev–Trinajstić information content (AvgIpc) is 3.08. The highest BCUT2D eigenvalue weighted by Gasteiger charge is 2.11. The molecule has 1 N–H and O–H groups in total. The van der Waals surface area contributed by atoms with Crippen molar-refractivity contribution < 1.29 is 18.7 Å². The summed E-state index contributed by atoms with van der Waals surface area (Å²) in [4.78, 5) is 12.0. The smallest absolute Gasteiger partial charge is 0.286 e. The molecule has 0 aliphatic carbocycles. The Morgan fingerprint density at radius 3 is 2.46 bits per heavy atom. The topological polar surface area (TPSA) is 60.7 Å². The molecule has 0 atom stereocenters. The van der Waals surface area contributed by atoms with Gasteiger partial charge in [-0.05, 0) is 56.0 Å². The SMILES string of the molecule is CC(C)OCCCNC(=O)c1ccc(COc2ccc(C(C)C)cc2)o1. The lowest BCUT2D eigenvalue weighted by Gasteiger charge is -2.08. The van der Waals surface area contributed by atoms with Crippen molar-refractivity contribution in [2.45, 2.75) is 52.7 Å². The monoisotopic (exact) mass is 359 g/mol. The number of furan rings is 1. The van der Waals surface area contributed by atoms with Gasteiger partial charge in [-0.2, -0.15) is 0 Å². The predicted octanol–water partition coefficient (Wildman–Crippen LogP) is 4.53. The van der Waals surface area contributed by atoms with E-state index in [2.05, 4.69) is 31.3 Å². The molecule has 1 heterocycles. The molecule has 2 rings (SSSR count). The minimum absolute atomic E-state index is 0.208. The maximum atomic E-state index is 12.0. The molecule has 0 saturated carbocycles. The quantitative estimate of drug-likeness (QED) is 0.633. The van der Waals surface area contributed by atoms with Crippen molar-refractivity contribution in [3.05, 3.63) is 53.5 Å². The van der Waals surface area contributed by atoms with Crippen molar-refractivity contribution in [3.8, 4) is 5.75 Å². The van der Waals surface area contributed by atoms with Crippen LogP contribution in [0, 0.1) is 0 Å². The van der Waals surface area contributed by atoms with Gasteiger partial charge in [0, 0.05) is 13.2 Å². The van der Waals surface area contributed by atoms with E-state index in [0.29, 0.717) is 30.6 Å². The molecular formula is C21H29NO4. The van der Waals surface area contributed by atoms with Gasteiger partial charge in [-0.15, -0.1) is 0 Å². The molecule has 0 radical (unpaired) electrons. The fourth-order valence-corrected chi connectivity index (χ4v) is 2.36. The molecule has 1 amide bonds. The molecule has 0 aliphatic rings. The Morgan fingerprint density at radius 1 is 1.08 bits per heavy atom. The van der Waals surface area contributed by atoms with Gasteiger partial charge in [0.2, 0.25) is 0 Å². The second-order valence-corrected chi connectivity index (χ2v) is 6.81. The number of nitrogens with one attached hydrogen (secondary N) is 1. The van der Waals surface area contributed by atoms with E-state index in [1.165, 1.54) is 5.56 Å².